The van der Waals surface area contributed by atoms with Gasteiger partial charge in [-0.3, -0.25) is 33.6 Å². The Labute approximate surface area is 263 Å². The van der Waals surface area contributed by atoms with Gasteiger partial charge in [-0.05, 0) is 12.8 Å². The predicted molar refractivity (Wildman–Crippen MR) is 134 cm³/mol. The SMILES string of the molecule is CC(=O)O.CC(=O)O.CC(=O)O.CC(=O)O.CC(=O)O.CC(=O)O.CCCC(CCC)C(=O)O.[CH2+]C(=O)O.[Ti].[Ti]. The third-order valence-electron chi connectivity index (χ3n) is 1.62. The molecule has 0 amide bonds. The first kappa shape index (κ1) is 65.8. The Hall–Kier alpha value is -2.94. The molecule has 0 radical (unpaired) electrons. The molecule has 0 aromatic rings. The fraction of sp³-hybridized carbons (Fsp3) is 0.591. The van der Waals surface area contributed by atoms with Gasteiger partial charge in [-0.2, -0.15) is 4.79 Å². The van der Waals surface area contributed by atoms with Gasteiger partial charge in [0.05, 0.1) is 5.92 Å². The van der Waals surface area contributed by atoms with Crippen LogP contribution in [0.2, 0.25) is 0 Å². The Morgan fingerprint density at radius 1 is 0.475 bits per heavy atom. The van der Waals surface area contributed by atoms with Crippen LogP contribution in [-0.2, 0) is 81.8 Å². The summed E-state index contributed by atoms with van der Waals surface area (Å²) in [4.78, 5) is 73.4. The molecule has 0 spiro atoms. The molecule has 0 saturated heterocycles. The molecule has 0 aliphatic heterocycles. The summed E-state index contributed by atoms with van der Waals surface area (Å²) in [6, 6.07) is 0. The molecule has 234 valence electrons. The molecule has 40 heavy (non-hydrogen) atoms. The van der Waals surface area contributed by atoms with Gasteiger partial charge in [-0.25, -0.2) is 0 Å². The molecule has 18 heteroatoms. The number of carboxylic acids is 8. The van der Waals surface area contributed by atoms with E-state index in [1.807, 2.05) is 13.8 Å². The van der Waals surface area contributed by atoms with Gasteiger partial charge in [0, 0.05) is 85.0 Å². The van der Waals surface area contributed by atoms with Gasteiger partial charge < -0.3 is 40.9 Å². The van der Waals surface area contributed by atoms with Crippen LogP contribution in [0.15, 0.2) is 0 Å². The van der Waals surface area contributed by atoms with Crippen LogP contribution in [0.5, 0.6) is 0 Å². The summed E-state index contributed by atoms with van der Waals surface area (Å²) in [6.07, 6.45) is 3.58. The van der Waals surface area contributed by atoms with Crippen LogP contribution in [0, 0.1) is 12.8 Å². The van der Waals surface area contributed by atoms with Gasteiger partial charge in [0.15, 0.2) is 6.92 Å². The Balaban J connectivity index is -0.0000000331. The second-order valence-electron chi connectivity index (χ2n) is 6.12. The van der Waals surface area contributed by atoms with Crippen LogP contribution in [0.25, 0.3) is 0 Å². The minimum atomic E-state index is -1.08. The van der Waals surface area contributed by atoms with Crippen molar-refractivity contribution in [2.24, 2.45) is 5.92 Å². The summed E-state index contributed by atoms with van der Waals surface area (Å²) in [5.74, 6) is -6.82. The summed E-state index contributed by atoms with van der Waals surface area (Å²) >= 11 is 0. The smallest absolute Gasteiger partial charge is 0.481 e. The van der Waals surface area contributed by atoms with Crippen LogP contribution in [-0.4, -0.2) is 88.6 Å². The molecule has 0 aromatic carbocycles. The van der Waals surface area contributed by atoms with E-state index in [2.05, 4.69) is 6.92 Å². The number of aliphatic carboxylic acids is 8. The third-order valence-corrected chi connectivity index (χ3v) is 1.62. The second kappa shape index (κ2) is 56.3. The van der Waals surface area contributed by atoms with Crippen LogP contribution in [0.4, 0.5) is 0 Å². The number of carbonyl (C=O) groups is 8. The largest absolute Gasteiger partial charge is 0.490 e. The number of hydrogen-bond donors (Lipinski definition) is 8. The fourth-order valence-electron chi connectivity index (χ4n) is 1.09. The zero-order valence-electron chi connectivity index (χ0n) is 24.0. The number of carboxylic acid groups (broad SMARTS) is 8. The Morgan fingerprint density at radius 3 is 0.625 bits per heavy atom. The topological polar surface area (TPSA) is 298 Å². The van der Waals surface area contributed by atoms with Gasteiger partial charge in [0.1, 0.15) is 0 Å². The van der Waals surface area contributed by atoms with Crippen molar-refractivity contribution in [1.82, 2.24) is 0 Å². The first-order chi connectivity index (χ1) is 16.8. The normalized spacial score (nSPS) is 6.92. The van der Waals surface area contributed by atoms with E-state index in [1.165, 1.54) is 0 Å². The van der Waals surface area contributed by atoms with E-state index in [-0.39, 0.29) is 49.4 Å². The van der Waals surface area contributed by atoms with Gasteiger partial charge in [0.2, 0.25) is 0 Å². The van der Waals surface area contributed by atoms with E-state index >= 15 is 0 Å². The molecule has 0 saturated carbocycles. The van der Waals surface area contributed by atoms with Crippen molar-refractivity contribution in [3.63, 3.8) is 0 Å². The minimum absolute atomic E-state index is 0. The van der Waals surface area contributed by atoms with Crippen molar-refractivity contribution in [2.45, 2.75) is 81.1 Å². The average molecular weight is 659 g/mol. The second-order valence-corrected chi connectivity index (χ2v) is 6.12. The summed E-state index contributed by atoms with van der Waals surface area (Å²) in [5.41, 5.74) is 0. The Morgan fingerprint density at radius 2 is 0.575 bits per heavy atom. The summed E-state index contributed by atoms with van der Waals surface area (Å²) < 4.78 is 0. The zero-order valence-corrected chi connectivity index (χ0v) is 27.1. The third kappa shape index (κ3) is 816. The van der Waals surface area contributed by atoms with Gasteiger partial charge >= 0.3 is 11.9 Å². The fourth-order valence-corrected chi connectivity index (χ4v) is 1.09. The van der Waals surface area contributed by atoms with Crippen LogP contribution in [0.1, 0.15) is 81.1 Å². The Bertz CT molecular complexity index is 501. The standard InChI is InChI=1S/C8H16O2.6C2H4O2.C2H2O2.2Ti/c1-3-5-7(6-4-2)8(9)10;7*1-2(3)4;;/h7H,3-6H2,1-2H3,(H,9,10);6*1H3,(H,3,4);1H2;;/p+1. The molecule has 0 aliphatic rings. The maximum Gasteiger partial charge on any atom is 0.490 e. The van der Waals surface area contributed by atoms with Gasteiger partial charge in [-0.1, -0.05) is 26.7 Å². The molecule has 0 unspecified atom stereocenters. The molecule has 0 bridgehead atoms. The van der Waals surface area contributed by atoms with E-state index < -0.39 is 47.8 Å². The molecular formula is C22H43O16Ti2+. The molecule has 0 aromatic heterocycles. The van der Waals surface area contributed by atoms with E-state index in [9.17, 15) is 4.79 Å². The molecule has 0 aliphatic carbocycles. The quantitative estimate of drug-likeness (QED) is 0.155. The van der Waals surface area contributed by atoms with E-state index in [4.69, 9.17) is 74.4 Å². The summed E-state index contributed by atoms with van der Waals surface area (Å²) in [5, 5.41) is 60.4. The first-order valence-corrected chi connectivity index (χ1v) is 10.3. The maximum atomic E-state index is 10.5. The van der Waals surface area contributed by atoms with Gasteiger partial charge in [-0.15, -0.1) is 0 Å². The van der Waals surface area contributed by atoms with Gasteiger partial charge in [0.25, 0.3) is 35.8 Å². The minimum Gasteiger partial charge on any atom is -0.481 e. The molecule has 0 rings (SSSR count). The van der Waals surface area contributed by atoms with Crippen LogP contribution in [0.3, 0.4) is 0 Å². The van der Waals surface area contributed by atoms with Crippen LogP contribution >= 0.6 is 0 Å². The van der Waals surface area contributed by atoms with Crippen molar-refractivity contribution in [3.8, 4) is 0 Å². The molecule has 0 atom stereocenters. The van der Waals surface area contributed by atoms with Crippen molar-refractivity contribution in [1.29, 1.82) is 0 Å². The summed E-state index contributed by atoms with van der Waals surface area (Å²) in [7, 11) is 0. The molecule has 0 fully saturated rings. The average Bonchev–Trinajstić information content (AvgIpc) is 2.58. The van der Waals surface area contributed by atoms with Crippen molar-refractivity contribution in [2.75, 3.05) is 0 Å². The Kier molecular flexibility index (Phi) is 92.6. The molecular weight excluding hydrogens is 616 g/mol. The molecule has 0 heterocycles. The summed E-state index contributed by atoms with van der Waals surface area (Å²) in [6.45, 7) is 13.1. The van der Waals surface area contributed by atoms with Crippen LogP contribution < -0.4 is 0 Å². The van der Waals surface area contributed by atoms with Crippen molar-refractivity contribution < 1.29 is 123 Å². The van der Waals surface area contributed by atoms with E-state index in [0.29, 0.717) is 0 Å². The number of rotatable bonds is 5. The van der Waals surface area contributed by atoms with Crippen molar-refractivity contribution >= 4 is 47.8 Å². The molecule has 16 nitrogen and oxygen atoms in total. The number of hydrogen-bond acceptors (Lipinski definition) is 8. The van der Waals surface area contributed by atoms with E-state index in [1.54, 1.807) is 0 Å². The zero-order chi connectivity index (χ0) is 33.0. The molecule has 8 N–H and O–H groups in total. The maximum absolute atomic E-state index is 10.5. The predicted octanol–water partition coefficient (Wildman–Crippen LogP) is 2.73. The van der Waals surface area contributed by atoms with E-state index in [0.717, 1.165) is 67.2 Å². The monoisotopic (exact) mass is 659 g/mol. The first-order valence-electron chi connectivity index (χ1n) is 10.3. The van der Waals surface area contributed by atoms with Crippen molar-refractivity contribution in [3.05, 3.63) is 6.92 Å².